The molecule has 0 rings (SSSR count). The topological polar surface area (TPSA) is 94.8 Å². The fourth-order valence-electron chi connectivity index (χ4n) is 0. The van der Waals surface area contributed by atoms with Gasteiger partial charge in [0.25, 0.3) is 0 Å². The first-order valence-electron chi connectivity index (χ1n) is 1.15. The van der Waals surface area contributed by atoms with Crippen LogP contribution in [0.3, 0.4) is 0 Å². The van der Waals surface area contributed by atoms with E-state index in [0.29, 0.717) is 0 Å². The summed E-state index contributed by atoms with van der Waals surface area (Å²) >= 11 is -1.50. The third-order valence-corrected chi connectivity index (χ3v) is 0. The van der Waals surface area contributed by atoms with Crippen LogP contribution in [-0.2, 0) is 8.27 Å². The molecule has 0 radical (unpaired) electrons. The molecule has 8 heavy (non-hydrogen) atoms. The summed E-state index contributed by atoms with van der Waals surface area (Å²) in [5.41, 5.74) is 0. The predicted octanol–water partition coefficient (Wildman–Crippen LogP) is -2.83. The Morgan fingerprint density at radius 1 is 1.50 bits per heavy atom. The first kappa shape index (κ1) is 16.0. The molecule has 0 fully saturated rings. The fourth-order valence-corrected chi connectivity index (χ4v) is 0. The van der Waals surface area contributed by atoms with Crippen molar-refractivity contribution in [2.75, 3.05) is 0 Å². The predicted molar refractivity (Wildman–Crippen MR) is 27.5 cm³/mol. The van der Waals surface area contributed by atoms with E-state index in [1.807, 2.05) is 0 Å². The number of hydrogen-bond acceptors (Lipinski definition) is 2. The number of rotatable bonds is 0. The summed E-state index contributed by atoms with van der Waals surface area (Å²) in [5, 5.41) is 0. The Morgan fingerprint density at radius 2 is 1.50 bits per heavy atom. The summed E-state index contributed by atoms with van der Waals surface area (Å²) in [6.07, 6.45) is 0. The van der Waals surface area contributed by atoms with Gasteiger partial charge in [0.1, 0.15) is 0 Å². The zero-order valence-corrected chi connectivity index (χ0v) is 8.31. The van der Waals surface area contributed by atoms with E-state index >= 15 is 0 Å². The minimum absolute atomic E-state index is 0. The fraction of sp³-hybridized carbons (Fsp3) is 0. The van der Waals surface area contributed by atoms with E-state index < -0.39 is 24.7 Å². The molecule has 0 aromatic carbocycles. The first-order chi connectivity index (χ1) is 3.15. The van der Waals surface area contributed by atoms with Gasteiger partial charge >= 0.3 is 70.4 Å². The van der Waals surface area contributed by atoms with Crippen molar-refractivity contribution in [3.8, 4) is 0 Å². The Labute approximate surface area is 86.5 Å². The molecule has 0 atom stereocenters. The molecule has 5 nitrogen and oxygen atoms in total. The van der Waals surface area contributed by atoms with Gasteiger partial charge < -0.3 is 12.4 Å². The Kier molecular flexibility index (Phi) is 31.4. The van der Waals surface area contributed by atoms with Gasteiger partial charge in [-0.1, -0.05) is 0 Å². The van der Waals surface area contributed by atoms with Crippen LogP contribution in [0.25, 0.3) is 0 Å². The van der Waals surface area contributed by atoms with E-state index in [1.54, 1.807) is 0 Å². The average molecular weight is 180 g/mol. The molecule has 0 aliphatic carbocycles. The van der Waals surface area contributed by atoms with Crippen LogP contribution in [0.4, 0.5) is 0 Å². The van der Waals surface area contributed by atoms with E-state index in [-0.39, 0.29) is 40.6 Å². The van der Waals surface area contributed by atoms with Crippen molar-refractivity contribution < 1.29 is 24.9 Å². The molecule has 0 saturated heterocycles. The van der Waals surface area contributed by atoms with Crippen LogP contribution in [0, 0.1) is 0 Å². The van der Waals surface area contributed by atoms with E-state index in [1.165, 1.54) is 0 Å². The molecule has 0 bridgehead atoms. The molecule has 0 aliphatic heterocycles. The molecule has 44 valence electrons. The van der Waals surface area contributed by atoms with Crippen LogP contribution in [0.1, 0.15) is 2.85 Å². The van der Waals surface area contributed by atoms with Crippen molar-refractivity contribution in [2.45, 2.75) is 0 Å². The van der Waals surface area contributed by atoms with Crippen molar-refractivity contribution in [1.82, 2.24) is 0 Å². The third kappa shape index (κ3) is 249. The van der Waals surface area contributed by atoms with E-state index in [0.717, 1.165) is 0 Å². The molecule has 0 aromatic rings. The minimum atomic E-state index is -3.13. The summed E-state index contributed by atoms with van der Waals surface area (Å²) in [7, 11) is -3.13. The quantitative estimate of drug-likeness (QED) is 0.349. The summed E-state index contributed by atoms with van der Waals surface area (Å²) in [6.45, 7) is 0. The summed E-state index contributed by atoms with van der Waals surface area (Å²) in [6, 6.07) is 0. The second-order valence-electron chi connectivity index (χ2n) is 0.388. The average Bonchev–Trinajstić information content (AvgIpc) is 1.33. The third-order valence-electron chi connectivity index (χ3n) is 0. The Balaban J connectivity index is -0.0000000131. The van der Waals surface area contributed by atoms with Gasteiger partial charge in [-0.15, -0.1) is 0 Å². The molecule has 0 unspecified atom stereocenters. The van der Waals surface area contributed by atoms with E-state index in [9.17, 15) is 0 Å². The molecule has 8 heteroatoms. The molecule has 0 aliphatic rings. The van der Waals surface area contributed by atoms with Crippen molar-refractivity contribution in [1.29, 1.82) is 0 Å². The van der Waals surface area contributed by atoms with Crippen LogP contribution >= 0.6 is 0 Å². The summed E-state index contributed by atoms with van der Waals surface area (Å²) in [5.74, 6) is 0. The van der Waals surface area contributed by atoms with Gasteiger partial charge in [-0.25, -0.2) is 0 Å². The van der Waals surface area contributed by atoms with Crippen molar-refractivity contribution in [2.24, 2.45) is 0 Å². The molecule has 0 heterocycles. The summed E-state index contributed by atoms with van der Waals surface area (Å²) in [4.78, 5) is 14.3. The van der Waals surface area contributed by atoms with Gasteiger partial charge in [0, 0.05) is 0 Å². The normalized spacial score (nSPS) is 4.00. The molecular weight excluding hydrogens is 175 g/mol. The van der Waals surface area contributed by atoms with Crippen molar-refractivity contribution >= 4 is 62.4 Å². The van der Waals surface area contributed by atoms with Gasteiger partial charge in [-0.05, 0) is 0 Å². The van der Waals surface area contributed by atoms with Crippen LogP contribution < -0.4 is 0 Å². The van der Waals surface area contributed by atoms with Gasteiger partial charge in [0.05, 0.1) is 0 Å². The molecule has 0 amide bonds. The second kappa shape index (κ2) is 15.7. The van der Waals surface area contributed by atoms with Gasteiger partial charge in [0.15, 0.2) is 0 Å². The molecule has 0 aromatic heterocycles. The first-order valence-corrected chi connectivity index (χ1v) is 3.44. The van der Waals surface area contributed by atoms with Gasteiger partial charge in [-0.3, -0.25) is 4.46 Å². The zero-order valence-electron chi connectivity index (χ0n) is 5.94. The second-order valence-corrected chi connectivity index (χ2v) is 1.16. The van der Waals surface area contributed by atoms with Gasteiger partial charge in [0.2, 0.25) is 0 Å². The maximum absolute atomic E-state index is 8.74. The monoisotopic (exact) mass is 180 g/mol. The van der Waals surface area contributed by atoms with Crippen molar-refractivity contribution in [3.05, 3.63) is 0 Å². The van der Waals surface area contributed by atoms with E-state index in [4.69, 9.17) is 22.0 Å². The Morgan fingerprint density at radius 3 is 1.50 bits per heavy atom. The Bertz CT molecular complexity index is 66.7. The van der Waals surface area contributed by atoms with E-state index in [2.05, 4.69) is 0 Å². The zero-order chi connectivity index (χ0) is 6.28. The number of hydrogen-bond donors (Lipinski definition) is 3. The molecular formula is H5AlCaO5Si. The SMILES string of the molecule is O=[Si](O)O.[Ca+2].[H-].[H-].[O]=[Al][OH]. The Hall–Kier alpha value is 1.01. The molecule has 3 N–H and O–H groups in total. The van der Waals surface area contributed by atoms with Gasteiger partial charge in [-0.2, -0.15) is 0 Å². The summed E-state index contributed by atoms with van der Waals surface area (Å²) < 4.78 is 24.4. The van der Waals surface area contributed by atoms with Crippen LogP contribution in [0.2, 0.25) is 0 Å². The maximum atomic E-state index is 8.74. The molecule has 0 spiro atoms. The van der Waals surface area contributed by atoms with Crippen LogP contribution in [0.15, 0.2) is 0 Å². The van der Waals surface area contributed by atoms with Crippen LogP contribution in [0.5, 0.6) is 0 Å². The molecule has 0 saturated carbocycles. The van der Waals surface area contributed by atoms with Crippen molar-refractivity contribution in [3.63, 3.8) is 0 Å². The van der Waals surface area contributed by atoms with Crippen LogP contribution in [-0.4, -0.2) is 76.1 Å². The standard InChI is InChI=1S/Al.Ca.H2O3Si.H2O.O.2H/c;;1-4(2)3;;;;/h;;1-2H;1H2;;;/q+1;+2;;;;2*-1/p-1.